The van der Waals surface area contributed by atoms with Gasteiger partial charge in [0.1, 0.15) is 0 Å². The molecule has 1 amide bonds. The van der Waals surface area contributed by atoms with Crippen LogP contribution >= 0.6 is 0 Å². The lowest BCUT2D eigenvalue weighted by Gasteiger charge is -2.22. The van der Waals surface area contributed by atoms with E-state index in [4.69, 9.17) is 0 Å². The van der Waals surface area contributed by atoms with Crippen LogP contribution in [-0.2, 0) is 4.79 Å². The smallest absolute Gasteiger partial charge is 0.222 e. The van der Waals surface area contributed by atoms with E-state index < -0.39 is 0 Å². The number of hydrogen-bond acceptors (Lipinski definition) is 1. The van der Waals surface area contributed by atoms with E-state index >= 15 is 0 Å². The van der Waals surface area contributed by atoms with Gasteiger partial charge in [0.2, 0.25) is 5.91 Å². The lowest BCUT2D eigenvalue weighted by Crippen LogP contribution is -2.33. The predicted molar refractivity (Wildman–Crippen MR) is 82.0 cm³/mol. The molecule has 110 valence electrons. The Morgan fingerprint density at radius 1 is 1.37 bits per heavy atom. The van der Waals surface area contributed by atoms with Crippen LogP contribution in [0.25, 0.3) is 0 Å². The van der Waals surface area contributed by atoms with Crippen molar-refractivity contribution in [3.05, 3.63) is 11.6 Å². The normalized spacial score (nSPS) is 25.0. The summed E-state index contributed by atoms with van der Waals surface area (Å²) < 4.78 is 0. The molecule has 0 radical (unpaired) electrons. The van der Waals surface area contributed by atoms with Crippen molar-refractivity contribution in [3.8, 4) is 0 Å². The van der Waals surface area contributed by atoms with E-state index in [1.165, 1.54) is 24.8 Å². The Labute approximate surface area is 119 Å². The first-order chi connectivity index (χ1) is 8.92. The van der Waals surface area contributed by atoms with Crippen molar-refractivity contribution < 1.29 is 4.79 Å². The molecule has 0 aromatic carbocycles. The van der Waals surface area contributed by atoms with Gasteiger partial charge in [-0.25, -0.2) is 0 Å². The molecule has 1 aliphatic rings. The molecule has 2 unspecified atom stereocenters. The first kappa shape index (κ1) is 16.3. The van der Waals surface area contributed by atoms with Crippen LogP contribution in [0.3, 0.4) is 0 Å². The first-order valence-corrected chi connectivity index (χ1v) is 7.84. The maximum absolute atomic E-state index is 12.0. The van der Waals surface area contributed by atoms with Gasteiger partial charge in [-0.05, 0) is 57.8 Å². The zero-order valence-electron chi connectivity index (χ0n) is 13.5. The molecule has 19 heavy (non-hydrogen) atoms. The predicted octanol–water partition coefficient (Wildman–Crippen LogP) is 4.41. The number of amides is 1. The van der Waals surface area contributed by atoms with Crippen molar-refractivity contribution in [1.82, 2.24) is 4.90 Å². The number of carbonyl (C=O) groups is 1. The average molecular weight is 265 g/mol. The van der Waals surface area contributed by atoms with Crippen molar-refractivity contribution >= 4 is 5.91 Å². The molecular formula is C17H31NO. The quantitative estimate of drug-likeness (QED) is 0.595. The third kappa shape index (κ3) is 5.00. The number of rotatable bonds is 8. The molecule has 1 fully saturated rings. The summed E-state index contributed by atoms with van der Waals surface area (Å²) in [5.41, 5.74) is 1.89. The highest BCUT2D eigenvalue weighted by atomic mass is 16.2. The fraction of sp³-hybridized carbons (Fsp3) is 0.824. The number of carbonyl (C=O) groups excluding carboxylic acids is 1. The summed E-state index contributed by atoms with van der Waals surface area (Å²) in [4.78, 5) is 14.0. The molecule has 0 bridgehead atoms. The van der Waals surface area contributed by atoms with E-state index in [1.807, 2.05) is 0 Å². The van der Waals surface area contributed by atoms with Gasteiger partial charge in [-0.3, -0.25) is 4.79 Å². The Kier molecular flexibility index (Phi) is 6.09. The lowest BCUT2D eigenvalue weighted by molar-refractivity contribution is -0.131. The molecule has 1 saturated carbocycles. The minimum absolute atomic E-state index is 0.337. The van der Waals surface area contributed by atoms with Crippen molar-refractivity contribution in [2.75, 3.05) is 13.1 Å². The van der Waals surface area contributed by atoms with E-state index in [1.54, 1.807) is 0 Å². The number of hydrogen-bond donors (Lipinski definition) is 0. The van der Waals surface area contributed by atoms with Gasteiger partial charge in [-0.15, -0.1) is 0 Å². The lowest BCUT2D eigenvalue weighted by atomic mass is 9.98. The Morgan fingerprint density at radius 2 is 2.05 bits per heavy atom. The molecule has 0 N–H and O–H groups in total. The minimum Gasteiger partial charge on any atom is -0.343 e. The van der Waals surface area contributed by atoms with Gasteiger partial charge in [-0.1, -0.05) is 25.5 Å². The Bertz CT molecular complexity index is 330. The summed E-state index contributed by atoms with van der Waals surface area (Å²) in [7, 11) is 0. The summed E-state index contributed by atoms with van der Waals surface area (Å²) in [5.74, 6) is 1.06. The van der Waals surface area contributed by atoms with E-state index in [9.17, 15) is 4.79 Å². The SMILES string of the molecule is CCCC(=O)N(CC)CC1CC1(C)CCC=C(C)C. The molecule has 0 aromatic rings. The molecule has 0 aromatic heterocycles. The molecule has 0 saturated heterocycles. The van der Waals surface area contributed by atoms with Gasteiger partial charge in [0.25, 0.3) is 0 Å². The van der Waals surface area contributed by atoms with Crippen LogP contribution in [0.2, 0.25) is 0 Å². The third-order valence-electron chi connectivity index (χ3n) is 4.45. The number of allylic oxidation sites excluding steroid dienone is 2. The van der Waals surface area contributed by atoms with Crippen LogP contribution in [-0.4, -0.2) is 23.9 Å². The van der Waals surface area contributed by atoms with E-state index in [0.717, 1.165) is 25.4 Å². The van der Waals surface area contributed by atoms with Gasteiger partial charge in [0, 0.05) is 19.5 Å². The van der Waals surface area contributed by atoms with Crippen LogP contribution in [0.1, 0.15) is 66.7 Å². The van der Waals surface area contributed by atoms with Gasteiger partial charge < -0.3 is 4.90 Å². The first-order valence-electron chi connectivity index (χ1n) is 7.84. The van der Waals surface area contributed by atoms with Gasteiger partial charge in [-0.2, -0.15) is 0 Å². The van der Waals surface area contributed by atoms with Crippen molar-refractivity contribution in [2.45, 2.75) is 66.7 Å². The molecule has 2 atom stereocenters. The summed E-state index contributed by atoms with van der Waals surface area (Å²) in [6.07, 6.45) is 7.74. The number of nitrogens with zero attached hydrogens (tertiary/aromatic N) is 1. The largest absolute Gasteiger partial charge is 0.343 e. The molecule has 0 spiro atoms. The van der Waals surface area contributed by atoms with Crippen molar-refractivity contribution in [3.63, 3.8) is 0 Å². The highest BCUT2D eigenvalue weighted by Gasteiger charge is 2.49. The van der Waals surface area contributed by atoms with Crippen LogP contribution in [0.5, 0.6) is 0 Å². The fourth-order valence-electron chi connectivity index (χ4n) is 2.83. The Balaban J connectivity index is 2.38. The maximum atomic E-state index is 12.0. The Hall–Kier alpha value is -0.790. The van der Waals surface area contributed by atoms with E-state index in [-0.39, 0.29) is 0 Å². The standard InChI is InChI=1S/C17H31NO/c1-6-9-16(19)18(7-2)13-15-12-17(15,5)11-8-10-14(3)4/h10,15H,6-9,11-13H2,1-5H3. The molecule has 2 heteroatoms. The molecular weight excluding hydrogens is 234 g/mol. The molecule has 1 aliphatic carbocycles. The van der Waals surface area contributed by atoms with Gasteiger partial charge >= 0.3 is 0 Å². The summed E-state index contributed by atoms with van der Waals surface area (Å²) >= 11 is 0. The van der Waals surface area contributed by atoms with E-state index in [2.05, 4.69) is 45.6 Å². The third-order valence-corrected chi connectivity index (χ3v) is 4.45. The molecule has 2 nitrogen and oxygen atoms in total. The average Bonchev–Trinajstić information content (AvgIpc) is 2.96. The van der Waals surface area contributed by atoms with Gasteiger partial charge in [0.15, 0.2) is 0 Å². The monoisotopic (exact) mass is 265 g/mol. The highest BCUT2D eigenvalue weighted by molar-refractivity contribution is 5.76. The Morgan fingerprint density at radius 3 is 2.58 bits per heavy atom. The second-order valence-electron chi connectivity index (χ2n) is 6.56. The van der Waals surface area contributed by atoms with Crippen LogP contribution in [0, 0.1) is 11.3 Å². The summed E-state index contributed by atoms with van der Waals surface area (Å²) in [6, 6.07) is 0. The fourth-order valence-corrected chi connectivity index (χ4v) is 2.83. The molecule has 1 rings (SSSR count). The van der Waals surface area contributed by atoms with Crippen molar-refractivity contribution in [1.29, 1.82) is 0 Å². The highest BCUT2D eigenvalue weighted by Crippen LogP contribution is 2.55. The van der Waals surface area contributed by atoms with Crippen molar-refractivity contribution in [2.24, 2.45) is 11.3 Å². The second-order valence-corrected chi connectivity index (χ2v) is 6.56. The van der Waals surface area contributed by atoms with Crippen LogP contribution in [0.15, 0.2) is 11.6 Å². The topological polar surface area (TPSA) is 20.3 Å². The van der Waals surface area contributed by atoms with Gasteiger partial charge in [0.05, 0.1) is 0 Å². The summed E-state index contributed by atoms with van der Waals surface area (Å²) in [5, 5.41) is 0. The molecule has 0 heterocycles. The maximum Gasteiger partial charge on any atom is 0.222 e. The minimum atomic E-state index is 0.337. The second kappa shape index (κ2) is 7.12. The summed E-state index contributed by atoms with van der Waals surface area (Å²) in [6.45, 7) is 12.7. The zero-order valence-corrected chi connectivity index (χ0v) is 13.5. The zero-order chi connectivity index (χ0) is 14.5. The molecule has 0 aliphatic heterocycles. The van der Waals surface area contributed by atoms with Crippen LogP contribution in [0.4, 0.5) is 0 Å². The van der Waals surface area contributed by atoms with E-state index in [0.29, 0.717) is 17.7 Å². The van der Waals surface area contributed by atoms with Crippen LogP contribution < -0.4 is 0 Å².